The summed E-state index contributed by atoms with van der Waals surface area (Å²) in [6.07, 6.45) is 20.9. The maximum atomic E-state index is 12.0. The lowest BCUT2D eigenvalue weighted by atomic mass is 10.0. The average molecular weight is 440 g/mol. The van der Waals surface area contributed by atoms with E-state index in [1.807, 2.05) is 0 Å². The minimum absolute atomic E-state index is 0.104. The molecule has 0 fully saturated rings. The molecular formula is C24H49N5O2. The van der Waals surface area contributed by atoms with Crippen molar-refractivity contribution in [3.05, 3.63) is 0 Å². The van der Waals surface area contributed by atoms with Crippen molar-refractivity contribution in [1.29, 1.82) is 5.41 Å². The molecule has 0 aromatic heterocycles. The van der Waals surface area contributed by atoms with Crippen LogP contribution in [-0.2, 0) is 9.59 Å². The average Bonchev–Trinajstić information content (AvgIpc) is 2.72. The Bertz CT molecular complexity index is 471. The normalized spacial score (nSPS) is 11.8. The molecule has 7 N–H and O–H groups in total. The molecule has 0 heterocycles. The minimum atomic E-state index is -0.655. The molecule has 0 saturated carbocycles. The Morgan fingerprint density at radius 1 is 0.742 bits per heavy atom. The molecule has 0 aliphatic carbocycles. The van der Waals surface area contributed by atoms with Gasteiger partial charge in [-0.2, -0.15) is 0 Å². The zero-order valence-electron chi connectivity index (χ0n) is 20.0. The van der Waals surface area contributed by atoms with E-state index in [2.05, 4.69) is 17.6 Å². The van der Waals surface area contributed by atoms with Crippen molar-refractivity contribution in [1.82, 2.24) is 10.6 Å². The van der Waals surface area contributed by atoms with E-state index in [1.54, 1.807) is 0 Å². The molecule has 31 heavy (non-hydrogen) atoms. The summed E-state index contributed by atoms with van der Waals surface area (Å²) in [6, 6.07) is -0.655. The van der Waals surface area contributed by atoms with Crippen LogP contribution in [0.15, 0.2) is 0 Å². The summed E-state index contributed by atoms with van der Waals surface area (Å²) in [5.41, 5.74) is 10.6. The molecule has 0 rings (SSSR count). The third-order valence-corrected chi connectivity index (χ3v) is 5.67. The summed E-state index contributed by atoms with van der Waals surface area (Å²) >= 11 is 0. The Balaban J connectivity index is 3.51. The fourth-order valence-corrected chi connectivity index (χ4v) is 3.74. The first-order valence-electron chi connectivity index (χ1n) is 12.6. The summed E-state index contributed by atoms with van der Waals surface area (Å²) in [5.74, 6) is -0.737. The van der Waals surface area contributed by atoms with E-state index >= 15 is 0 Å². The van der Waals surface area contributed by atoms with Crippen LogP contribution < -0.4 is 22.1 Å². The van der Waals surface area contributed by atoms with E-state index in [0.717, 1.165) is 12.8 Å². The predicted molar refractivity (Wildman–Crippen MR) is 130 cm³/mol. The van der Waals surface area contributed by atoms with E-state index in [4.69, 9.17) is 16.9 Å². The van der Waals surface area contributed by atoms with Gasteiger partial charge in [0.05, 0.1) is 0 Å². The number of nitrogens with one attached hydrogen (secondary N) is 3. The van der Waals surface area contributed by atoms with Crippen LogP contribution in [0.5, 0.6) is 0 Å². The lowest BCUT2D eigenvalue weighted by molar-refractivity contribution is -0.127. The number of rotatable bonds is 22. The SMILES string of the molecule is CCCCCCCCCCCCCCCCCC(=O)N[C@@H](CCCNC(=N)N)C(N)=O. The van der Waals surface area contributed by atoms with Crippen LogP contribution in [-0.4, -0.2) is 30.4 Å². The van der Waals surface area contributed by atoms with Gasteiger partial charge in [-0.15, -0.1) is 0 Å². The number of hydrogen-bond donors (Lipinski definition) is 5. The Kier molecular flexibility index (Phi) is 20.2. The van der Waals surface area contributed by atoms with E-state index in [-0.39, 0.29) is 11.9 Å². The van der Waals surface area contributed by atoms with Crippen LogP contribution in [0.25, 0.3) is 0 Å². The molecule has 0 unspecified atom stereocenters. The molecule has 0 spiro atoms. The van der Waals surface area contributed by atoms with Crippen LogP contribution in [0.1, 0.15) is 122 Å². The Morgan fingerprint density at radius 2 is 1.19 bits per heavy atom. The lowest BCUT2D eigenvalue weighted by Crippen LogP contribution is -2.44. The van der Waals surface area contributed by atoms with Gasteiger partial charge in [0.25, 0.3) is 0 Å². The summed E-state index contributed by atoms with van der Waals surface area (Å²) in [4.78, 5) is 23.5. The largest absolute Gasteiger partial charge is 0.370 e. The fraction of sp³-hybridized carbons (Fsp3) is 0.875. The standard InChI is InChI=1S/C24H49N5O2/c1-2-3-4-5-6-7-8-9-10-11-12-13-14-15-16-19-22(30)29-21(23(25)31)18-17-20-28-24(26)27/h21H,2-20H2,1H3,(H2,25,31)(H,29,30)(H4,26,27,28)/t21-/m0/s1. The maximum absolute atomic E-state index is 12.0. The lowest BCUT2D eigenvalue weighted by Gasteiger charge is -2.15. The smallest absolute Gasteiger partial charge is 0.240 e. The third-order valence-electron chi connectivity index (χ3n) is 5.67. The van der Waals surface area contributed by atoms with Crippen LogP contribution in [0.3, 0.4) is 0 Å². The molecule has 7 heteroatoms. The van der Waals surface area contributed by atoms with E-state index in [9.17, 15) is 9.59 Å². The van der Waals surface area contributed by atoms with Crippen molar-refractivity contribution in [2.24, 2.45) is 11.5 Å². The molecule has 0 aromatic rings. The van der Waals surface area contributed by atoms with Crippen LogP contribution in [0.4, 0.5) is 0 Å². The topological polar surface area (TPSA) is 134 Å². The first-order valence-corrected chi connectivity index (χ1v) is 12.6. The molecule has 0 saturated heterocycles. The highest BCUT2D eigenvalue weighted by Gasteiger charge is 2.17. The van der Waals surface area contributed by atoms with Gasteiger partial charge in [0, 0.05) is 13.0 Å². The number of unbranched alkanes of at least 4 members (excludes halogenated alkanes) is 14. The molecule has 0 bridgehead atoms. The summed E-state index contributed by atoms with van der Waals surface area (Å²) in [5, 5.41) is 12.5. The second kappa shape index (κ2) is 21.4. The zero-order valence-corrected chi connectivity index (χ0v) is 20.0. The molecule has 1 atom stereocenters. The maximum Gasteiger partial charge on any atom is 0.240 e. The summed E-state index contributed by atoms with van der Waals surface area (Å²) in [7, 11) is 0. The molecule has 0 aromatic carbocycles. The van der Waals surface area contributed by atoms with E-state index in [1.165, 1.54) is 83.5 Å². The number of hydrogen-bond acceptors (Lipinski definition) is 3. The fourth-order valence-electron chi connectivity index (χ4n) is 3.74. The van der Waals surface area contributed by atoms with Crippen molar-refractivity contribution in [3.8, 4) is 0 Å². The van der Waals surface area contributed by atoms with Crippen molar-refractivity contribution >= 4 is 17.8 Å². The van der Waals surface area contributed by atoms with E-state index in [0.29, 0.717) is 25.8 Å². The molecule has 0 aliphatic heterocycles. The number of carbonyl (C=O) groups is 2. The van der Waals surface area contributed by atoms with Crippen molar-refractivity contribution in [3.63, 3.8) is 0 Å². The predicted octanol–water partition coefficient (Wildman–Crippen LogP) is 4.48. The highest BCUT2D eigenvalue weighted by atomic mass is 16.2. The Morgan fingerprint density at radius 3 is 1.61 bits per heavy atom. The second-order valence-electron chi connectivity index (χ2n) is 8.70. The summed E-state index contributed by atoms with van der Waals surface area (Å²) in [6.45, 7) is 2.74. The van der Waals surface area contributed by atoms with Gasteiger partial charge in [0.2, 0.25) is 11.8 Å². The molecule has 0 radical (unpaired) electrons. The highest BCUT2D eigenvalue weighted by Crippen LogP contribution is 2.13. The van der Waals surface area contributed by atoms with Gasteiger partial charge in [-0.25, -0.2) is 0 Å². The van der Waals surface area contributed by atoms with Gasteiger partial charge in [-0.3, -0.25) is 15.0 Å². The monoisotopic (exact) mass is 439 g/mol. The second-order valence-corrected chi connectivity index (χ2v) is 8.70. The van der Waals surface area contributed by atoms with E-state index < -0.39 is 11.9 Å². The number of guanidine groups is 1. The van der Waals surface area contributed by atoms with Crippen molar-refractivity contribution in [2.45, 2.75) is 129 Å². The van der Waals surface area contributed by atoms with Gasteiger partial charge in [-0.1, -0.05) is 96.8 Å². The van der Waals surface area contributed by atoms with Gasteiger partial charge < -0.3 is 22.1 Å². The molecule has 0 aliphatic rings. The van der Waals surface area contributed by atoms with Crippen molar-refractivity contribution in [2.75, 3.05) is 6.54 Å². The summed E-state index contributed by atoms with van der Waals surface area (Å²) < 4.78 is 0. The first-order chi connectivity index (χ1) is 15.0. The number of primary amides is 1. The quantitative estimate of drug-likeness (QED) is 0.0965. The minimum Gasteiger partial charge on any atom is -0.370 e. The first kappa shape index (κ1) is 29.2. The van der Waals surface area contributed by atoms with Gasteiger partial charge in [-0.05, 0) is 19.3 Å². The number of carbonyl (C=O) groups excluding carboxylic acids is 2. The van der Waals surface area contributed by atoms with Crippen LogP contribution >= 0.6 is 0 Å². The zero-order chi connectivity index (χ0) is 23.2. The van der Waals surface area contributed by atoms with Crippen molar-refractivity contribution < 1.29 is 9.59 Å². The molecule has 7 nitrogen and oxygen atoms in total. The van der Waals surface area contributed by atoms with Gasteiger partial charge in [0.1, 0.15) is 6.04 Å². The number of amides is 2. The Hall–Kier alpha value is -1.79. The molecule has 2 amide bonds. The highest BCUT2D eigenvalue weighted by molar-refractivity contribution is 5.86. The molecule has 182 valence electrons. The van der Waals surface area contributed by atoms with Gasteiger partial charge >= 0.3 is 0 Å². The van der Waals surface area contributed by atoms with Crippen LogP contribution in [0.2, 0.25) is 0 Å². The van der Waals surface area contributed by atoms with Crippen LogP contribution in [0, 0.1) is 5.41 Å². The Labute approximate surface area is 190 Å². The number of nitrogens with two attached hydrogens (primary N) is 2. The molecular weight excluding hydrogens is 390 g/mol. The van der Waals surface area contributed by atoms with Gasteiger partial charge in [0.15, 0.2) is 5.96 Å². The third kappa shape index (κ3) is 21.2.